The number of amides is 1. The van der Waals surface area contributed by atoms with Gasteiger partial charge in [0.15, 0.2) is 0 Å². The Balaban J connectivity index is 3.64. The molecule has 1 amide bonds. The van der Waals surface area contributed by atoms with Crippen LogP contribution in [0.2, 0.25) is 0 Å². The summed E-state index contributed by atoms with van der Waals surface area (Å²) in [6.45, 7) is 6.91. The Morgan fingerprint density at radius 3 is 1.10 bits per heavy atom. The summed E-state index contributed by atoms with van der Waals surface area (Å²) in [5.74, 6) is 0.268. The average molecular weight is 563 g/mol. The van der Waals surface area contributed by atoms with Gasteiger partial charge in [-0.05, 0) is 38.5 Å². The van der Waals surface area contributed by atoms with Gasteiger partial charge in [0.25, 0.3) is 0 Å². The van der Waals surface area contributed by atoms with E-state index < -0.39 is 0 Å². The lowest BCUT2D eigenvalue weighted by Gasteiger charge is -2.22. The zero-order valence-corrected chi connectivity index (χ0v) is 27.7. The third kappa shape index (κ3) is 30.1. The number of carbonyl (C=O) groups is 1. The molecule has 0 saturated heterocycles. The molecule has 0 unspecified atom stereocenters. The smallest absolute Gasteiger partial charge is 0.223 e. The molecular formula is C37H74N2O. The summed E-state index contributed by atoms with van der Waals surface area (Å²) >= 11 is 0. The van der Waals surface area contributed by atoms with E-state index >= 15 is 0 Å². The second kappa shape index (κ2) is 34.4. The molecule has 3 nitrogen and oxygen atoms in total. The molecule has 0 radical (unpaired) electrons. The Hall–Kier alpha value is -0.830. The zero-order valence-electron chi connectivity index (χ0n) is 27.7. The highest BCUT2D eigenvalue weighted by Crippen LogP contribution is 2.14. The Labute approximate surface area is 252 Å². The molecule has 0 aliphatic carbocycles. The third-order valence-electron chi connectivity index (χ3n) is 8.43. The molecule has 2 N–H and O–H groups in total. The summed E-state index contributed by atoms with van der Waals surface area (Å²) in [6.07, 6.45) is 43.2. The Morgan fingerprint density at radius 2 is 0.775 bits per heavy atom. The molecule has 0 heterocycles. The number of nitrogens with two attached hydrogens (primary N) is 1. The van der Waals surface area contributed by atoms with E-state index in [1.165, 1.54) is 167 Å². The van der Waals surface area contributed by atoms with Crippen molar-refractivity contribution in [2.45, 2.75) is 200 Å². The third-order valence-corrected chi connectivity index (χ3v) is 8.43. The van der Waals surface area contributed by atoms with Crippen molar-refractivity contribution < 1.29 is 4.79 Å². The molecule has 0 aromatic heterocycles. The summed E-state index contributed by atoms with van der Waals surface area (Å²) in [5.41, 5.74) is 5.69. The predicted octanol–water partition coefficient (Wildman–Crippen LogP) is 11.7. The van der Waals surface area contributed by atoms with Crippen LogP contribution in [0.15, 0.2) is 12.2 Å². The topological polar surface area (TPSA) is 46.3 Å². The van der Waals surface area contributed by atoms with Crippen LogP contribution in [-0.4, -0.2) is 30.4 Å². The monoisotopic (exact) mass is 563 g/mol. The summed E-state index contributed by atoms with van der Waals surface area (Å²) in [5, 5.41) is 0. The van der Waals surface area contributed by atoms with Crippen molar-refractivity contribution in [3.8, 4) is 0 Å². The molecular weight excluding hydrogens is 488 g/mol. The Kier molecular flexibility index (Phi) is 33.7. The van der Waals surface area contributed by atoms with Gasteiger partial charge in [-0.15, -0.1) is 0 Å². The molecule has 3 heteroatoms. The molecule has 238 valence electrons. The highest BCUT2D eigenvalue weighted by atomic mass is 16.2. The average Bonchev–Trinajstić information content (AvgIpc) is 2.96. The lowest BCUT2D eigenvalue weighted by molar-refractivity contribution is -0.131. The molecule has 0 aliphatic heterocycles. The summed E-state index contributed by atoms with van der Waals surface area (Å²) in [4.78, 5) is 14.7. The summed E-state index contributed by atoms with van der Waals surface area (Å²) < 4.78 is 0. The van der Waals surface area contributed by atoms with E-state index in [0.29, 0.717) is 13.0 Å². The van der Waals surface area contributed by atoms with E-state index in [2.05, 4.69) is 30.9 Å². The Bertz CT molecular complexity index is 518. The molecule has 0 atom stereocenters. The lowest BCUT2D eigenvalue weighted by atomic mass is 10.0. The minimum atomic E-state index is 0.268. The summed E-state index contributed by atoms with van der Waals surface area (Å²) in [6, 6.07) is 0. The fourth-order valence-electron chi connectivity index (χ4n) is 5.69. The largest absolute Gasteiger partial charge is 0.343 e. The highest BCUT2D eigenvalue weighted by Gasteiger charge is 2.11. The van der Waals surface area contributed by atoms with Crippen LogP contribution in [0, 0.1) is 0 Å². The fourth-order valence-corrected chi connectivity index (χ4v) is 5.69. The van der Waals surface area contributed by atoms with Crippen molar-refractivity contribution in [2.75, 3.05) is 19.6 Å². The van der Waals surface area contributed by atoms with Crippen molar-refractivity contribution in [1.82, 2.24) is 4.90 Å². The van der Waals surface area contributed by atoms with Crippen LogP contribution in [0.3, 0.4) is 0 Å². The fraction of sp³-hybridized carbons (Fsp3) is 0.919. The molecule has 0 rings (SSSR count). The number of carbonyl (C=O) groups excluding carboxylic acids is 1. The number of unbranched alkanes of at least 4 members (excludes halogenated alkanes) is 25. The van der Waals surface area contributed by atoms with Gasteiger partial charge >= 0.3 is 0 Å². The number of hydrogen-bond donors (Lipinski definition) is 1. The van der Waals surface area contributed by atoms with Crippen molar-refractivity contribution in [3.05, 3.63) is 12.2 Å². The minimum Gasteiger partial charge on any atom is -0.343 e. The van der Waals surface area contributed by atoms with Crippen LogP contribution in [0.5, 0.6) is 0 Å². The molecule has 0 bridgehead atoms. The number of nitrogens with zero attached hydrogens (tertiary/aromatic N) is 1. The first-order valence-corrected chi connectivity index (χ1v) is 18.4. The number of rotatable bonds is 33. The van der Waals surface area contributed by atoms with Crippen molar-refractivity contribution in [3.63, 3.8) is 0 Å². The van der Waals surface area contributed by atoms with Gasteiger partial charge in [-0.25, -0.2) is 0 Å². The SMILES string of the molecule is CCCCCCCCC=CCCCCCCCCN(CCCCCCCCCCCCCCCC)C(=O)CCN. The van der Waals surface area contributed by atoms with Gasteiger partial charge in [0.1, 0.15) is 0 Å². The first-order chi connectivity index (χ1) is 19.8. The minimum absolute atomic E-state index is 0.268. The van der Waals surface area contributed by atoms with E-state index in [-0.39, 0.29) is 5.91 Å². The summed E-state index contributed by atoms with van der Waals surface area (Å²) in [7, 11) is 0. The van der Waals surface area contributed by atoms with Gasteiger partial charge in [-0.1, -0.05) is 167 Å². The number of hydrogen-bond acceptors (Lipinski definition) is 2. The van der Waals surface area contributed by atoms with Crippen molar-refractivity contribution in [1.29, 1.82) is 0 Å². The molecule has 0 fully saturated rings. The standard InChI is InChI=1S/C37H74N2O/c1-3-5-7-9-11-13-15-17-19-20-22-24-26-28-30-32-36-39(37(40)33-34-38)35-31-29-27-25-23-21-18-16-14-12-10-8-6-4-2/h17,19H,3-16,18,20-36,38H2,1-2H3. The van der Waals surface area contributed by atoms with Gasteiger partial charge in [-0.2, -0.15) is 0 Å². The van der Waals surface area contributed by atoms with Crippen LogP contribution in [0.25, 0.3) is 0 Å². The maximum Gasteiger partial charge on any atom is 0.223 e. The maximum atomic E-state index is 12.5. The van der Waals surface area contributed by atoms with Crippen LogP contribution >= 0.6 is 0 Å². The van der Waals surface area contributed by atoms with E-state index in [0.717, 1.165) is 25.9 Å². The lowest BCUT2D eigenvalue weighted by Crippen LogP contribution is -2.34. The second-order valence-corrected chi connectivity index (χ2v) is 12.5. The van der Waals surface area contributed by atoms with Crippen LogP contribution < -0.4 is 5.73 Å². The van der Waals surface area contributed by atoms with Crippen LogP contribution in [-0.2, 0) is 4.79 Å². The second-order valence-electron chi connectivity index (χ2n) is 12.5. The molecule has 0 saturated carbocycles. The normalized spacial score (nSPS) is 11.6. The van der Waals surface area contributed by atoms with E-state index in [9.17, 15) is 4.79 Å². The van der Waals surface area contributed by atoms with Gasteiger partial charge in [0, 0.05) is 26.1 Å². The molecule has 0 aromatic carbocycles. The Morgan fingerprint density at radius 1 is 0.475 bits per heavy atom. The van der Waals surface area contributed by atoms with Crippen molar-refractivity contribution in [2.24, 2.45) is 5.73 Å². The van der Waals surface area contributed by atoms with E-state index in [1.54, 1.807) is 0 Å². The predicted molar refractivity (Wildman–Crippen MR) is 180 cm³/mol. The number of allylic oxidation sites excluding steroid dienone is 2. The molecule has 0 aliphatic rings. The molecule has 40 heavy (non-hydrogen) atoms. The molecule has 0 aromatic rings. The van der Waals surface area contributed by atoms with Crippen LogP contribution in [0.1, 0.15) is 200 Å². The molecule has 0 spiro atoms. The van der Waals surface area contributed by atoms with Gasteiger partial charge in [0.05, 0.1) is 0 Å². The van der Waals surface area contributed by atoms with E-state index in [1.807, 2.05) is 0 Å². The maximum absolute atomic E-state index is 12.5. The van der Waals surface area contributed by atoms with E-state index in [4.69, 9.17) is 5.73 Å². The van der Waals surface area contributed by atoms with Gasteiger partial charge < -0.3 is 10.6 Å². The quantitative estimate of drug-likeness (QED) is 0.0638. The zero-order chi connectivity index (χ0) is 29.2. The first-order valence-electron chi connectivity index (χ1n) is 18.4. The van der Waals surface area contributed by atoms with Gasteiger partial charge in [-0.3, -0.25) is 4.79 Å². The van der Waals surface area contributed by atoms with Gasteiger partial charge in [0.2, 0.25) is 5.91 Å². The van der Waals surface area contributed by atoms with Crippen LogP contribution in [0.4, 0.5) is 0 Å². The van der Waals surface area contributed by atoms with Crippen molar-refractivity contribution >= 4 is 5.91 Å². The highest BCUT2D eigenvalue weighted by molar-refractivity contribution is 5.76. The first kappa shape index (κ1) is 39.2.